The summed E-state index contributed by atoms with van der Waals surface area (Å²) in [7, 11) is 0. The molecule has 144 valence electrons. The fourth-order valence-electron chi connectivity index (χ4n) is 5.00. The van der Waals surface area contributed by atoms with Crippen LogP contribution >= 0.6 is 11.3 Å². The second-order valence-corrected chi connectivity index (χ2v) is 9.94. The summed E-state index contributed by atoms with van der Waals surface area (Å²) in [5, 5.41) is 4.50. The molecule has 4 aliphatic rings. The number of benzene rings is 1. The number of hydrogen-bond donors (Lipinski definition) is 1. The van der Waals surface area contributed by atoms with Gasteiger partial charge >= 0.3 is 0 Å². The second kappa shape index (κ2) is 6.49. The average Bonchev–Trinajstić information content (AvgIpc) is 3.06. The van der Waals surface area contributed by atoms with Gasteiger partial charge in [-0.25, -0.2) is 0 Å². The molecule has 1 saturated carbocycles. The molecule has 1 aromatic carbocycles. The topological polar surface area (TPSA) is 41.6 Å². The number of carbonyl (C=O) groups is 1. The van der Waals surface area contributed by atoms with Gasteiger partial charge in [-0.15, -0.1) is 11.3 Å². The van der Waals surface area contributed by atoms with Gasteiger partial charge in [0.25, 0.3) is 5.91 Å². The molecule has 27 heavy (non-hydrogen) atoms. The molecular weight excluding hydrogens is 356 g/mol. The third kappa shape index (κ3) is 2.95. The van der Waals surface area contributed by atoms with E-state index in [2.05, 4.69) is 30.1 Å². The highest BCUT2D eigenvalue weighted by Gasteiger charge is 2.48. The van der Waals surface area contributed by atoms with Crippen molar-refractivity contribution < 1.29 is 9.53 Å². The van der Waals surface area contributed by atoms with Gasteiger partial charge in [-0.3, -0.25) is 9.69 Å². The number of nitrogens with one attached hydrogen (secondary N) is 1. The van der Waals surface area contributed by atoms with Crippen LogP contribution in [0.4, 0.5) is 0 Å². The Bertz CT molecular complexity index is 862. The minimum Gasteiger partial charge on any atom is -0.489 e. The van der Waals surface area contributed by atoms with Crippen LogP contribution in [-0.4, -0.2) is 41.6 Å². The molecule has 5 heteroatoms. The largest absolute Gasteiger partial charge is 0.489 e. The fraction of sp³-hybridized carbons (Fsp3) is 0.591. The summed E-state index contributed by atoms with van der Waals surface area (Å²) in [6.07, 6.45) is 6.28. The lowest BCUT2D eigenvalue weighted by molar-refractivity contribution is -0.0377. The van der Waals surface area contributed by atoms with Crippen LogP contribution in [0, 0.1) is 5.92 Å². The van der Waals surface area contributed by atoms with Gasteiger partial charge in [0.2, 0.25) is 0 Å². The molecule has 0 spiro atoms. The normalized spacial score (nSPS) is 29.5. The molecule has 0 radical (unpaired) electrons. The zero-order valence-corrected chi connectivity index (χ0v) is 17.0. The van der Waals surface area contributed by atoms with Gasteiger partial charge in [0.1, 0.15) is 5.75 Å². The van der Waals surface area contributed by atoms with Crippen LogP contribution in [-0.2, 0) is 0 Å². The van der Waals surface area contributed by atoms with Crippen LogP contribution in [0.2, 0.25) is 0 Å². The van der Waals surface area contributed by atoms with E-state index in [4.69, 9.17) is 4.74 Å². The first-order chi connectivity index (χ1) is 13.0. The van der Waals surface area contributed by atoms with Crippen molar-refractivity contribution in [3.8, 4) is 5.75 Å². The molecule has 1 aliphatic carbocycles. The Labute approximate surface area is 164 Å². The predicted octanol–water partition coefficient (Wildman–Crippen LogP) is 4.44. The Balaban J connectivity index is 1.38. The number of ether oxygens (including phenoxy) is 1. The van der Waals surface area contributed by atoms with Crippen LogP contribution in [0.3, 0.4) is 0 Å². The van der Waals surface area contributed by atoms with Crippen molar-refractivity contribution >= 4 is 27.3 Å². The van der Waals surface area contributed by atoms with Crippen LogP contribution in [0.1, 0.15) is 55.6 Å². The predicted molar refractivity (Wildman–Crippen MR) is 110 cm³/mol. The summed E-state index contributed by atoms with van der Waals surface area (Å²) < 4.78 is 7.25. The Hall–Kier alpha value is -1.59. The number of fused-ring (bicyclic) bond motifs is 4. The molecule has 0 unspecified atom stereocenters. The molecular formula is C22H28N2O2S. The molecule has 2 aromatic rings. The van der Waals surface area contributed by atoms with Gasteiger partial charge in [-0.05, 0) is 82.5 Å². The lowest BCUT2D eigenvalue weighted by Crippen LogP contribution is -2.69. The summed E-state index contributed by atoms with van der Waals surface area (Å²) in [5.74, 6) is 1.60. The quantitative estimate of drug-likeness (QED) is 0.848. The summed E-state index contributed by atoms with van der Waals surface area (Å²) in [4.78, 5) is 16.4. The molecule has 6 rings (SSSR count). The maximum Gasteiger partial charge on any atom is 0.261 e. The molecule has 3 saturated heterocycles. The lowest BCUT2D eigenvalue weighted by atomic mass is 9.72. The number of hydrogen-bond acceptors (Lipinski definition) is 4. The number of thiophene rings is 1. The fourth-order valence-corrected chi connectivity index (χ4v) is 6.02. The van der Waals surface area contributed by atoms with Gasteiger partial charge < -0.3 is 10.1 Å². The average molecular weight is 385 g/mol. The monoisotopic (exact) mass is 384 g/mol. The molecule has 2 bridgehead atoms. The molecule has 4 nitrogen and oxygen atoms in total. The van der Waals surface area contributed by atoms with Crippen molar-refractivity contribution in [1.29, 1.82) is 0 Å². The van der Waals surface area contributed by atoms with E-state index < -0.39 is 0 Å². The highest BCUT2D eigenvalue weighted by molar-refractivity contribution is 7.21. The van der Waals surface area contributed by atoms with E-state index in [0.717, 1.165) is 46.6 Å². The van der Waals surface area contributed by atoms with Crippen molar-refractivity contribution in [3.63, 3.8) is 0 Å². The first-order valence-electron chi connectivity index (χ1n) is 10.3. The number of rotatable bonds is 4. The first kappa shape index (κ1) is 17.5. The third-order valence-corrected chi connectivity index (χ3v) is 8.12. The Morgan fingerprint density at radius 3 is 2.67 bits per heavy atom. The van der Waals surface area contributed by atoms with E-state index in [1.165, 1.54) is 19.3 Å². The standard InChI is InChI=1S/C22H28N2O2S/c1-22(2)20(14-9-11-24(22)12-10-14)23-21(25)18-13-15-5-3-8-17(19(15)27-18)26-16-6-4-7-16/h3,5,8,13-14,16,20H,4,6-7,9-12H2,1-2H3,(H,23,25)/t20-/m0/s1. The summed E-state index contributed by atoms with van der Waals surface area (Å²) in [6, 6.07) is 8.39. The van der Waals surface area contributed by atoms with Crippen molar-refractivity contribution in [2.75, 3.05) is 13.1 Å². The number of piperidine rings is 3. The third-order valence-electron chi connectivity index (χ3n) is 6.95. The minimum atomic E-state index is 0.0337. The van der Waals surface area contributed by atoms with Crippen LogP contribution in [0.25, 0.3) is 10.1 Å². The molecule has 4 fully saturated rings. The van der Waals surface area contributed by atoms with E-state index in [0.29, 0.717) is 12.0 Å². The smallest absolute Gasteiger partial charge is 0.261 e. The Morgan fingerprint density at radius 1 is 1.22 bits per heavy atom. The van der Waals surface area contributed by atoms with E-state index in [1.54, 1.807) is 11.3 Å². The minimum absolute atomic E-state index is 0.0337. The SMILES string of the molecule is CC1(C)[C@@H](NC(=O)c2cc3cccc(OC4CCC4)c3s2)C2CCN1CC2. The van der Waals surface area contributed by atoms with Crippen LogP contribution in [0.15, 0.2) is 24.3 Å². The van der Waals surface area contributed by atoms with E-state index >= 15 is 0 Å². The summed E-state index contributed by atoms with van der Waals surface area (Å²) in [5.41, 5.74) is 0.0337. The molecule has 1 aromatic heterocycles. The number of amides is 1. The van der Waals surface area contributed by atoms with Crippen molar-refractivity contribution in [2.24, 2.45) is 5.92 Å². The van der Waals surface area contributed by atoms with Crippen molar-refractivity contribution in [3.05, 3.63) is 29.1 Å². The van der Waals surface area contributed by atoms with E-state index in [1.807, 2.05) is 18.2 Å². The second-order valence-electron chi connectivity index (χ2n) is 8.89. The number of carbonyl (C=O) groups excluding carboxylic acids is 1. The highest BCUT2D eigenvalue weighted by Crippen LogP contribution is 2.40. The Morgan fingerprint density at radius 2 is 2.00 bits per heavy atom. The van der Waals surface area contributed by atoms with Gasteiger partial charge in [0, 0.05) is 11.6 Å². The zero-order chi connectivity index (χ0) is 18.6. The van der Waals surface area contributed by atoms with Crippen LogP contribution < -0.4 is 10.1 Å². The zero-order valence-electron chi connectivity index (χ0n) is 16.2. The van der Waals surface area contributed by atoms with E-state index in [-0.39, 0.29) is 17.5 Å². The molecule has 1 atom stereocenters. The molecule has 3 aliphatic heterocycles. The van der Waals surface area contributed by atoms with Crippen molar-refractivity contribution in [1.82, 2.24) is 10.2 Å². The molecule has 1 amide bonds. The summed E-state index contributed by atoms with van der Waals surface area (Å²) in [6.45, 7) is 6.88. The first-order valence-corrected chi connectivity index (χ1v) is 11.1. The Kier molecular flexibility index (Phi) is 4.21. The van der Waals surface area contributed by atoms with Crippen LogP contribution in [0.5, 0.6) is 5.75 Å². The van der Waals surface area contributed by atoms with Gasteiger partial charge in [0.05, 0.1) is 15.7 Å². The highest BCUT2D eigenvalue weighted by atomic mass is 32.1. The number of nitrogens with zero attached hydrogens (tertiary/aromatic N) is 1. The molecule has 1 N–H and O–H groups in total. The van der Waals surface area contributed by atoms with Gasteiger partial charge in [-0.2, -0.15) is 0 Å². The van der Waals surface area contributed by atoms with Crippen molar-refractivity contribution in [2.45, 2.75) is 63.6 Å². The van der Waals surface area contributed by atoms with E-state index in [9.17, 15) is 4.79 Å². The molecule has 4 heterocycles. The summed E-state index contributed by atoms with van der Waals surface area (Å²) >= 11 is 1.57. The lowest BCUT2D eigenvalue weighted by Gasteiger charge is -2.56. The van der Waals surface area contributed by atoms with Gasteiger partial charge in [0.15, 0.2) is 0 Å². The van der Waals surface area contributed by atoms with Gasteiger partial charge in [-0.1, -0.05) is 12.1 Å². The maximum absolute atomic E-state index is 13.1. The maximum atomic E-state index is 13.1.